The average molecular weight is 277 g/mol. The Morgan fingerprint density at radius 3 is 3.00 bits per heavy atom. The first-order valence-electron chi connectivity index (χ1n) is 6.71. The van der Waals surface area contributed by atoms with Gasteiger partial charge in [-0.15, -0.1) is 0 Å². The molecule has 2 heterocycles. The van der Waals surface area contributed by atoms with Crippen LogP contribution in [0.1, 0.15) is 22.6 Å². The van der Waals surface area contributed by atoms with Gasteiger partial charge in [0, 0.05) is 31.9 Å². The number of rotatable bonds is 3. The lowest BCUT2D eigenvalue weighted by atomic mass is 10.1. The summed E-state index contributed by atoms with van der Waals surface area (Å²) in [7, 11) is 0. The van der Waals surface area contributed by atoms with Gasteiger partial charge < -0.3 is 15.3 Å². The molecule has 108 valence electrons. The number of nitrogens with one attached hydrogen (secondary N) is 1. The van der Waals surface area contributed by atoms with Crippen LogP contribution in [0.15, 0.2) is 18.2 Å². The number of amides is 1. The van der Waals surface area contributed by atoms with Crippen molar-refractivity contribution in [2.45, 2.75) is 13.3 Å². The molecule has 0 aromatic carbocycles. The highest BCUT2D eigenvalue weighted by atomic mass is 16.4. The van der Waals surface area contributed by atoms with E-state index in [0.717, 1.165) is 5.69 Å². The van der Waals surface area contributed by atoms with Gasteiger partial charge in [0.25, 0.3) is 5.91 Å². The number of hydrogen-bond acceptors (Lipinski definition) is 4. The molecule has 0 radical (unpaired) electrons. The summed E-state index contributed by atoms with van der Waals surface area (Å²) < 4.78 is 0. The van der Waals surface area contributed by atoms with Crippen molar-refractivity contribution in [1.82, 2.24) is 15.2 Å². The molecule has 0 bridgehead atoms. The molecular formula is C14H19N3O3. The second-order valence-corrected chi connectivity index (χ2v) is 5.08. The maximum atomic E-state index is 12.4. The molecule has 0 spiro atoms. The van der Waals surface area contributed by atoms with Crippen molar-refractivity contribution in [3.8, 4) is 0 Å². The first-order valence-corrected chi connectivity index (χ1v) is 6.71. The van der Waals surface area contributed by atoms with Gasteiger partial charge in [0.2, 0.25) is 0 Å². The van der Waals surface area contributed by atoms with E-state index in [1.165, 1.54) is 0 Å². The molecule has 1 fully saturated rings. The van der Waals surface area contributed by atoms with E-state index in [2.05, 4.69) is 10.3 Å². The lowest BCUT2D eigenvalue weighted by Crippen LogP contribution is -2.37. The summed E-state index contributed by atoms with van der Waals surface area (Å²) >= 11 is 0. The van der Waals surface area contributed by atoms with Gasteiger partial charge in [-0.3, -0.25) is 9.59 Å². The summed E-state index contributed by atoms with van der Waals surface area (Å²) in [6.45, 7) is 4.16. The first kappa shape index (κ1) is 14.5. The lowest BCUT2D eigenvalue weighted by Gasteiger charge is -2.23. The Kier molecular flexibility index (Phi) is 4.68. The monoisotopic (exact) mass is 277 g/mol. The molecule has 1 aromatic rings. The predicted octanol–water partition coefficient (Wildman–Crippen LogP) is 0.526. The molecule has 1 aliphatic rings. The van der Waals surface area contributed by atoms with Gasteiger partial charge in [0.15, 0.2) is 0 Å². The predicted molar refractivity (Wildman–Crippen MR) is 73.5 cm³/mol. The summed E-state index contributed by atoms with van der Waals surface area (Å²) in [5.41, 5.74) is 1.21. The molecule has 2 N–H and O–H groups in total. The third kappa shape index (κ3) is 3.77. The smallest absolute Gasteiger partial charge is 0.303 e. The van der Waals surface area contributed by atoms with Gasteiger partial charge in [-0.05, 0) is 25.0 Å². The fourth-order valence-electron chi connectivity index (χ4n) is 2.38. The number of hydrogen-bond donors (Lipinski definition) is 2. The molecule has 6 nitrogen and oxygen atoms in total. The van der Waals surface area contributed by atoms with E-state index < -0.39 is 5.97 Å². The Labute approximate surface area is 117 Å². The minimum atomic E-state index is -0.834. The number of aliphatic carboxylic acids is 1. The maximum absolute atomic E-state index is 12.4. The van der Waals surface area contributed by atoms with Crippen molar-refractivity contribution < 1.29 is 14.7 Å². The van der Waals surface area contributed by atoms with Crippen LogP contribution in [0.5, 0.6) is 0 Å². The minimum Gasteiger partial charge on any atom is -0.481 e. The van der Waals surface area contributed by atoms with E-state index in [4.69, 9.17) is 5.11 Å². The summed E-state index contributed by atoms with van der Waals surface area (Å²) in [6, 6.07) is 5.34. The van der Waals surface area contributed by atoms with Crippen LogP contribution in [-0.2, 0) is 4.79 Å². The minimum absolute atomic E-state index is 0.0660. The van der Waals surface area contributed by atoms with E-state index >= 15 is 0 Å². The third-order valence-electron chi connectivity index (χ3n) is 3.33. The van der Waals surface area contributed by atoms with Crippen molar-refractivity contribution in [2.75, 3.05) is 26.2 Å². The van der Waals surface area contributed by atoms with Crippen LogP contribution in [0, 0.1) is 12.8 Å². The van der Waals surface area contributed by atoms with E-state index in [-0.39, 0.29) is 18.2 Å². The zero-order chi connectivity index (χ0) is 14.5. The standard InChI is InChI=1S/C14H19N3O3/c1-10-3-2-4-12(16-10)14(20)17-6-5-15-8-11(9-17)7-13(18)19/h2-4,11,15H,5-9H2,1H3,(H,18,19)/t11-/m0/s1. The zero-order valence-electron chi connectivity index (χ0n) is 11.5. The lowest BCUT2D eigenvalue weighted by molar-refractivity contribution is -0.138. The first-order chi connectivity index (χ1) is 9.56. The molecule has 20 heavy (non-hydrogen) atoms. The Morgan fingerprint density at radius 1 is 1.50 bits per heavy atom. The van der Waals surface area contributed by atoms with E-state index in [1.54, 1.807) is 17.0 Å². The molecular weight excluding hydrogens is 258 g/mol. The van der Waals surface area contributed by atoms with Crippen LogP contribution >= 0.6 is 0 Å². The third-order valence-corrected chi connectivity index (χ3v) is 3.33. The highest BCUT2D eigenvalue weighted by Crippen LogP contribution is 2.11. The highest BCUT2D eigenvalue weighted by molar-refractivity contribution is 5.92. The van der Waals surface area contributed by atoms with Crippen LogP contribution in [0.2, 0.25) is 0 Å². The molecule has 1 atom stereocenters. The molecule has 0 saturated carbocycles. The molecule has 2 rings (SSSR count). The Hall–Kier alpha value is -1.95. The maximum Gasteiger partial charge on any atom is 0.303 e. The highest BCUT2D eigenvalue weighted by Gasteiger charge is 2.24. The molecule has 1 aliphatic heterocycles. The quantitative estimate of drug-likeness (QED) is 0.842. The summed E-state index contributed by atoms with van der Waals surface area (Å²) in [6.07, 6.45) is 0.0675. The SMILES string of the molecule is Cc1cccc(C(=O)N2CCNC[C@H](CC(=O)O)C2)n1. The normalized spacial score (nSPS) is 19.4. The average Bonchev–Trinajstić information content (AvgIpc) is 2.62. The van der Waals surface area contributed by atoms with Gasteiger partial charge >= 0.3 is 5.97 Å². The van der Waals surface area contributed by atoms with Crippen LogP contribution < -0.4 is 5.32 Å². The summed E-state index contributed by atoms with van der Waals surface area (Å²) in [5.74, 6) is -1.03. The fraction of sp³-hybridized carbons (Fsp3) is 0.500. The zero-order valence-corrected chi connectivity index (χ0v) is 11.5. The molecule has 6 heteroatoms. The summed E-state index contributed by atoms with van der Waals surface area (Å²) in [5, 5.41) is 12.1. The number of aryl methyl sites for hydroxylation is 1. The van der Waals surface area contributed by atoms with Crippen LogP contribution in [-0.4, -0.2) is 53.0 Å². The summed E-state index contributed by atoms with van der Waals surface area (Å²) in [4.78, 5) is 29.2. The topological polar surface area (TPSA) is 82.5 Å². The fourth-order valence-corrected chi connectivity index (χ4v) is 2.38. The van der Waals surface area contributed by atoms with Gasteiger partial charge in [0.1, 0.15) is 5.69 Å². The van der Waals surface area contributed by atoms with Crippen molar-refractivity contribution in [2.24, 2.45) is 5.92 Å². The number of carbonyl (C=O) groups is 2. The number of carbonyl (C=O) groups excluding carboxylic acids is 1. The second kappa shape index (κ2) is 6.47. The molecule has 0 unspecified atom stereocenters. The van der Waals surface area contributed by atoms with Crippen molar-refractivity contribution in [3.63, 3.8) is 0 Å². The van der Waals surface area contributed by atoms with Gasteiger partial charge in [-0.1, -0.05) is 6.07 Å². The van der Waals surface area contributed by atoms with Crippen LogP contribution in [0.4, 0.5) is 0 Å². The van der Waals surface area contributed by atoms with Crippen molar-refractivity contribution in [1.29, 1.82) is 0 Å². The number of carboxylic acids is 1. The number of nitrogens with zero attached hydrogens (tertiary/aromatic N) is 2. The molecule has 1 amide bonds. The van der Waals surface area contributed by atoms with E-state index in [9.17, 15) is 9.59 Å². The second-order valence-electron chi connectivity index (χ2n) is 5.08. The molecule has 1 saturated heterocycles. The van der Waals surface area contributed by atoms with Crippen LogP contribution in [0.3, 0.4) is 0 Å². The van der Waals surface area contributed by atoms with Crippen molar-refractivity contribution >= 4 is 11.9 Å². The van der Waals surface area contributed by atoms with Gasteiger partial charge in [0.05, 0.1) is 6.42 Å². The van der Waals surface area contributed by atoms with E-state index in [0.29, 0.717) is 31.9 Å². The number of carboxylic acid groups (broad SMARTS) is 1. The van der Waals surface area contributed by atoms with E-state index in [1.807, 2.05) is 13.0 Å². The number of aromatic nitrogens is 1. The van der Waals surface area contributed by atoms with Gasteiger partial charge in [-0.2, -0.15) is 0 Å². The largest absolute Gasteiger partial charge is 0.481 e. The number of pyridine rings is 1. The molecule has 0 aliphatic carbocycles. The Balaban J connectivity index is 2.09. The molecule has 1 aromatic heterocycles. The van der Waals surface area contributed by atoms with Crippen LogP contribution in [0.25, 0.3) is 0 Å². The van der Waals surface area contributed by atoms with Gasteiger partial charge in [-0.25, -0.2) is 4.98 Å². The van der Waals surface area contributed by atoms with Crippen molar-refractivity contribution in [3.05, 3.63) is 29.6 Å². The Bertz CT molecular complexity index is 504. The Morgan fingerprint density at radius 2 is 2.30 bits per heavy atom.